The van der Waals surface area contributed by atoms with Gasteiger partial charge in [-0.2, -0.15) is 4.98 Å². The first-order valence-corrected chi connectivity index (χ1v) is 5.81. The Hall–Kier alpha value is -1.89. The maximum Gasteiger partial charge on any atom is 0.351 e. The number of aliphatic hydroxyl groups is 1. The van der Waals surface area contributed by atoms with Crippen LogP contribution in [0.5, 0.6) is 0 Å². The van der Waals surface area contributed by atoms with E-state index in [2.05, 4.69) is 15.3 Å². The van der Waals surface area contributed by atoms with Gasteiger partial charge in [0.25, 0.3) is 0 Å². The molecule has 18 heavy (non-hydrogen) atoms. The highest BCUT2D eigenvalue weighted by Gasteiger charge is 2.14. The Morgan fingerprint density at radius 3 is 2.67 bits per heavy atom. The van der Waals surface area contributed by atoms with Crippen LogP contribution in [0.1, 0.15) is 12.2 Å². The van der Waals surface area contributed by atoms with Crippen LogP contribution < -0.4 is 11.0 Å². The minimum absolute atomic E-state index is 0.103. The van der Waals surface area contributed by atoms with Gasteiger partial charge in [0.05, 0.1) is 0 Å². The van der Waals surface area contributed by atoms with Gasteiger partial charge in [-0.15, -0.1) is 0 Å². The number of hydrogen-bond acceptors (Lipinski definition) is 5. The number of anilines is 1. The minimum Gasteiger partial charge on any atom is -0.396 e. The Kier molecular flexibility index (Phi) is 3.33. The van der Waals surface area contributed by atoms with E-state index in [4.69, 9.17) is 5.11 Å². The summed E-state index contributed by atoms with van der Waals surface area (Å²) in [5.74, 6) is 1.34. The summed E-state index contributed by atoms with van der Waals surface area (Å²) < 4.78 is 3.32. The molecule has 2 rings (SSSR count). The van der Waals surface area contributed by atoms with E-state index < -0.39 is 0 Å². The molecule has 2 N–H and O–H groups in total. The summed E-state index contributed by atoms with van der Waals surface area (Å²) in [6.45, 7) is 2.55. The van der Waals surface area contributed by atoms with Gasteiger partial charge in [-0.1, -0.05) is 0 Å². The smallest absolute Gasteiger partial charge is 0.351 e. The molecule has 0 atom stereocenters. The third kappa shape index (κ3) is 1.97. The van der Waals surface area contributed by atoms with Crippen LogP contribution in [0.2, 0.25) is 0 Å². The Morgan fingerprint density at radius 1 is 1.28 bits per heavy atom. The largest absolute Gasteiger partial charge is 0.396 e. The highest BCUT2D eigenvalue weighted by atomic mass is 16.3. The zero-order chi connectivity index (χ0) is 13.3. The molecule has 7 heteroatoms. The number of imidazole rings is 1. The van der Waals surface area contributed by atoms with Crippen molar-refractivity contribution in [3.8, 4) is 0 Å². The van der Waals surface area contributed by atoms with Crippen molar-refractivity contribution in [3.63, 3.8) is 0 Å². The Bertz CT molecular complexity index is 628. The van der Waals surface area contributed by atoms with Crippen LogP contribution in [0.25, 0.3) is 11.2 Å². The summed E-state index contributed by atoms with van der Waals surface area (Å²) >= 11 is 0. The number of aromatic nitrogens is 4. The maximum absolute atomic E-state index is 11.7. The van der Waals surface area contributed by atoms with E-state index in [1.165, 1.54) is 4.57 Å². The maximum atomic E-state index is 11.7. The van der Waals surface area contributed by atoms with Crippen molar-refractivity contribution in [2.75, 3.05) is 18.5 Å². The van der Waals surface area contributed by atoms with Gasteiger partial charge in [-0.3, -0.25) is 4.57 Å². The lowest BCUT2D eigenvalue weighted by Gasteiger charge is -2.08. The van der Waals surface area contributed by atoms with E-state index in [1.807, 2.05) is 18.5 Å². The normalized spacial score (nSPS) is 11.1. The molecule has 2 heterocycles. The van der Waals surface area contributed by atoms with Crippen molar-refractivity contribution in [3.05, 3.63) is 16.3 Å². The fourth-order valence-corrected chi connectivity index (χ4v) is 1.81. The lowest BCUT2D eigenvalue weighted by molar-refractivity contribution is 0.292. The van der Waals surface area contributed by atoms with Crippen LogP contribution >= 0.6 is 0 Å². The molecule has 0 saturated heterocycles. The lowest BCUT2D eigenvalue weighted by Crippen LogP contribution is -2.23. The van der Waals surface area contributed by atoms with E-state index in [9.17, 15) is 4.79 Å². The molecule has 2 aromatic heterocycles. The number of rotatable bonds is 4. The van der Waals surface area contributed by atoms with Gasteiger partial charge >= 0.3 is 5.69 Å². The van der Waals surface area contributed by atoms with E-state index in [-0.39, 0.29) is 12.3 Å². The van der Waals surface area contributed by atoms with E-state index in [0.29, 0.717) is 24.4 Å². The van der Waals surface area contributed by atoms with E-state index in [0.717, 1.165) is 11.3 Å². The van der Waals surface area contributed by atoms with Crippen LogP contribution in [-0.4, -0.2) is 37.4 Å². The number of aliphatic hydroxyl groups excluding tert-OH is 1. The molecule has 0 bridgehead atoms. The van der Waals surface area contributed by atoms with Crippen LogP contribution in [0.3, 0.4) is 0 Å². The highest BCUT2D eigenvalue weighted by Crippen LogP contribution is 2.19. The van der Waals surface area contributed by atoms with E-state index in [1.54, 1.807) is 7.05 Å². The van der Waals surface area contributed by atoms with Gasteiger partial charge < -0.3 is 15.0 Å². The van der Waals surface area contributed by atoms with Crippen LogP contribution in [0.15, 0.2) is 4.79 Å². The molecule has 0 spiro atoms. The average Bonchev–Trinajstić information content (AvgIpc) is 2.63. The first-order valence-electron chi connectivity index (χ1n) is 5.81. The quantitative estimate of drug-likeness (QED) is 0.733. The molecule has 0 fully saturated rings. The second-order valence-corrected chi connectivity index (χ2v) is 4.20. The number of fused-ring (bicyclic) bond motifs is 1. The molecule has 2 aromatic rings. The molecule has 0 aliphatic heterocycles. The second kappa shape index (κ2) is 4.77. The Labute approximate surface area is 104 Å². The number of hydrogen-bond donors (Lipinski definition) is 2. The molecule has 0 radical (unpaired) electrons. The molecule has 0 aliphatic carbocycles. The highest BCUT2D eigenvalue weighted by molar-refractivity contribution is 5.83. The van der Waals surface area contributed by atoms with Gasteiger partial charge in [0, 0.05) is 27.2 Å². The van der Waals surface area contributed by atoms with Gasteiger partial charge in [-0.05, 0) is 13.3 Å². The topological polar surface area (TPSA) is 85.0 Å². The average molecular weight is 251 g/mol. The summed E-state index contributed by atoms with van der Waals surface area (Å²) in [5, 5.41) is 11.8. The van der Waals surface area contributed by atoms with Crippen molar-refractivity contribution in [2.45, 2.75) is 13.3 Å². The third-order valence-electron chi connectivity index (χ3n) is 2.96. The first-order chi connectivity index (χ1) is 8.56. The number of aryl methyl sites for hydroxylation is 3. The van der Waals surface area contributed by atoms with Crippen molar-refractivity contribution in [1.29, 1.82) is 0 Å². The predicted octanol–water partition coefficient (Wildman–Crippen LogP) is -0.230. The lowest BCUT2D eigenvalue weighted by atomic mass is 10.4. The molecule has 7 nitrogen and oxygen atoms in total. The SMILES string of the molecule is Cc1nc2c(c(NCCCO)nc(=O)n2C)n1C. The van der Waals surface area contributed by atoms with Crippen LogP contribution in [-0.2, 0) is 14.1 Å². The standard InChI is InChI=1S/C11H17N5O2/c1-7-13-10-8(15(7)2)9(12-5-4-6-17)14-11(18)16(10)3/h17H,4-6H2,1-3H3,(H,12,14,18). The van der Waals surface area contributed by atoms with Crippen molar-refractivity contribution < 1.29 is 5.11 Å². The first kappa shape index (κ1) is 12.6. The summed E-state index contributed by atoms with van der Waals surface area (Å²) in [6, 6.07) is 0. The fourth-order valence-electron chi connectivity index (χ4n) is 1.81. The van der Waals surface area contributed by atoms with Crippen molar-refractivity contribution >= 4 is 17.0 Å². The minimum atomic E-state index is -0.341. The summed E-state index contributed by atoms with van der Waals surface area (Å²) in [5.41, 5.74) is 1.07. The third-order valence-corrected chi connectivity index (χ3v) is 2.96. The molecule has 0 aromatic carbocycles. The molecular formula is C11H17N5O2. The molecular weight excluding hydrogens is 234 g/mol. The molecule has 0 saturated carbocycles. The zero-order valence-electron chi connectivity index (χ0n) is 10.8. The Balaban J connectivity index is 2.58. The van der Waals surface area contributed by atoms with Gasteiger partial charge in [-0.25, -0.2) is 9.78 Å². The van der Waals surface area contributed by atoms with Gasteiger partial charge in [0.15, 0.2) is 11.5 Å². The molecule has 0 amide bonds. The summed E-state index contributed by atoms with van der Waals surface area (Å²) in [7, 11) is 3.54. The summed E-state index contributed by atoms with van der Waals surface area (Å²) in [6.07, 6.45) is 0.606. The van der Waals surface area contributed by atoms with Gasteiger partial charge in [0.2, 0.25) is 0 Å². The number of nitrogens with zero attached hydrogens (tertiary/aromatic N) is 4. The molecule has 0 unspecified atom stereocenters. The number of nitrogens with one attached hydrogen (secondary N) is 1. The monoisotopic (exact) mass is 251 g/mol. The van der Waals surface area contributed by atoms with Crippen LogP contribution in [0.4, 0.5) is 5.82 Å². The van der Waals surface area contributed by atoms with Crippen molar-refractivity contribution in [2.24, 2.45) is 14.1 Å². The fraction of sp³-hybridized carbons (Fsp3) is 0.545. The predicted molar refractivity (Wildman–Crippen MR) is 68.7 cm³/mol. The Morgan fingerprint density at radius 2 is 2.00 bits per heavy atom. The molecule has 0 aliphatic rings. The zero-order valence-corrected chi connectivity index (χ0v) is 10.8. The van der Waals surface area contributed by atoms with E-state index >= 15 is 0 Å². The van der Waals surface area contributed by atoms with Crippen molar-refractivity contribution in [1.82, 2.24) is 19.1 Å². The van der Waals surface area contributed by atoms with Crippen LogP contribution in [0, 0.1) is 6.92 Å². The van der Waals surface area contributed by atoms with Gasteiger partial charge in [0.1, 0.15) is 11.3 Å². The second-order valence-electron chi connectivity index (χ2n) is 4.20. The summed E-state index contributed by atoms with van der Waals surface area (Å²) in [4.78, 5) is 20.1. The molecule has 98 valence electrons.